The van der Waals surface area contributed by atoms with Crippen molar-refractivity contribution >= 4 is 16.8 Å². The number of fused-ring (bicyclic) bond motifs is 1. The molecule has 3 aromatic rings. The number of Topliss-reactive ketones (excluding diaryl/α,β-unsaturated/α-hetero) is 1. The van der Waals surface area contributed by atoms with E-state index in [0.29, 0.717) is 23.0 Å². The Hall–Kier alpha value is -3.03. The van der Waals surface area contributed by atoms with Gasteiger partial charge in [-0.2, -0.15) is 0 Å². The normalized spacial score (nSPS) is 11.8. The molecule has 8 heteroatoms. The first kappa shape index (κ1) is 19.7. The molecule has 0 fully saturated rings. The maximum Gasteiger partial charge on any atom is 0.573 e. The molecule has 0 aliphatic carbocycles. The molecule has 0 N–H and O–H groups in total. The standard InChI is InChI=1S/C20H18F3NO4/c1-12(2)9-15(25)11-26-19-17-10-14(5-8-18(17)28-24-19)13-3-6-16(7-4-13)27-20(21,22)23/h3-8,10,12H,9,11H2,1-2H3. The molecule has 0 amide bonds. The van der Waals surface area contributed by atoms with E-state index in [-0.39, 0.29) is 29.9 Å². The molecule has 3 rings (SSSR count). The van der Waals surface area contributed by atoms with Gasteiger partial charge >= 0.3 is 6.36 Å². The first-order valence-electron chi connectivity index (χ1n) is 8.61. The smallest absolute Gasteiger partial charge is 0.467 e. The molecule has 0 bridgehead atoms. The van der Waals surface area contributed by atoms with Crippen LogP contribution in [0.5, 0.6) is 11.6 Å². The van der Waals surface area contributed by atoms with Crippen molar-refractivity contribution in [2.24, 2.45) is 5.92 Å². The summed E-state index contributed by atoms with van der Waals surface area (Å²) in [6, 6.07) is 10.7. The number of ether oxygens (including phenoxy) is 2. The summed E-state index contributed by atoms with van der Waals surface area (Å²) in [4.78, 5) is 11.8. The largest absolute Gasteiger partial charge is 0.573 e. The Morgan fingerprint density at radius 1 is 1.11 bits per heavy atom. The number of carbonyl (C=O) groups excluding carboxylic acids is 1. The first-order valence-corrected chi connectivity index (χ1v) is 8.61. The number of hydrogen-bond acceptors (Lipinski definition) is 5. The van der Waals surface area contributed by atoms with Crippen molar-refractivity contribution in [3.8, 4) is 22.8 Å². The van der Waals surface area contributed by atoms with Crippen molar-refractivity contribution in [3.63, 3.8) is 0 Å². The Balaban J connectivity index is 1.79. The third-order valence-electron chi connectivity index (χ3n) is 3.86. The maximum atomic E-state index is 12.3. The van der Waals surface area contributed by atoms with Crippen molar-refractivity contribution in [2.75, 3.05) is 6.61 Å². The fraction of sp³-hybridized carbons (Fsp3) is 0.300. The minimum Gasteiger partial charge on any atom is -0.467 e. The van der Waals surface area contributed by atoms with Gasteiger partial charge in [0.15, 0.2) is 11.4 Å². The quantitative estimate of drug-likeness (QED) is 0.539. The van der Waals surface area contributed by atoms with Gasteiger partial charge in [0, 0.05) is 6.42 Å². The van der Waals surface area contributed by atoms with Crippen molar-refractivity contribution in [1.29, 1.82) is 0 Å². The highest BCUT2D eigenvalue weighted by atomic mass is 19.4. The van der Waals surface area contributed by atoms with Crippen LogP contribution in [0.4, 0.5) is 13.2 Å². The Labute approximate surface area is 159 Å². The number of halogens is 3. The summed E-state index contributed by atoms with van der Waals surface area (Å²) in [5.74, 6) is 0.101. The van der Waals surface area contributed by atoms with Gasteiger partial charge in [0.25, 0.3) is 5.88 Å². The molecule has 0 atom stereocenters. The maximum absolute atomic E-state index is 12.3. The summed E-state index contributed by atoms with van der Waals surface area (Å²) in [6.07, 6.45) is -4.32. The number of ketones is 1. The van der Waals surface area contributed by atoms with Crippen LogP contribution in [-0.4, -0.2) is 23.9 Å². The lowest BCUT2D eigenvalue weighted by Gasteiger charge is -2.09. The predicted octanol–water partition coefficient (Wildman–Crippen LogP) is 5.39. The minimum atomic E-state index is -4.73. The van der Waals surface area contributed by atoms with E-state index in [4.69, 9.17) is 9.26 Å². The van der Waals surface area contributed by atoms with Gasteiger partial charge in [0.2, 0.25) is 0 Å². The van der Waals surface area contributed by atoms with Crippen molar-refractivity contribution in [2.45, 2.75) is 26.6 Å². The zero-order chi connectivity index (χ0) is 20.3. The third-order valence-corrected chi connectivity index (χ3v) is 3.86. The summed E-state index contributed by atoms with van der Waals surface area (Å²) in [5.41, 5.74) is 1.89. The molecule has 5 nitrogen and oxygen atoms in total. The van der Waals surface area contributed by atoms with Gasteiger partial charge in [-0.15, -0.1) is 13.2 Å². The van der Waals surface area contributed by atoms with Crippen LogP contribution in [0.15, 0.2) is 47.0 Å². The van der Waals surface area contributed by atoms with Gasteiger partial charge in [-0.1, -0.05) is 32.0 Å². The third kappa shape index (κ3) is 5.03. The highest BCUT2D eigenvalue weighted by molar-refractivity contribution is 5.88. The second kappa shape index (κ2) is 7.92. The molecule has 0 spiro atoms. The van der Waals surface area contributed by atoms with Crippen LogP contribution in [-0.2, 0) is 4.79 Å². The molecule has 2 aromatic carbocycles. The second-order valence-corrected chi connectivity index (χ2v) is 6.70. The highest BCUT2D eigenvalue weighted by Gasteiger charge is 2.31. The lowest BCUT2D eigenvalue weighted by molar-refractivity contribution is -0.274. The average molecular weight is 393 g/mol. The number of nitrogens with zero attached hydrogens (tertiary/aromatic N) is 1. The average Bonchev–Trinajstić information content (AvgIpc) is 3.01. The van der Waals surface area contributed by atoms with E-state index in [1.54, 1.807) is 18.2 Å². The van der Waals surface area contributed by atoms with E-state index in [1.807, 2.05) is 13.8 Å². The lowest BCUT2D eigenvalue weighted by atomic mass is 10.0. The van der Waals surface area contributed by atoms with E-state index in [2.05, 4.69) is 9.89 Å². The van der Waals surface area contributed by atoms with Gasteiger partial charge < -0.3 is 14.0 Å². The Morgan fingerprint density at radius 3 is 2.43 bits per heavy atom. The predicted molar refractivity (Wildman–Crippen MR) is 96.1 cm³/mol. The monoisotopic (exact) mass is 393 g/mol. The summed E-state index contributed by atoms with van der Waals surface area (Å²) >= 11 is 0. The summed E-state index contributed by atoms with van der Waals surface area (Å²) < 4.78 is 51.4. The molecule has 1 aromatic heterocycles. The molecule has 28 heavy (non-hydrogen) atoms. The number of benzene rings is 2. The van der Waals surface area contributed by atoms with Gasteiger partial charge in [-0.25, -0.2) is 0 Å². The second-order valence-electron chi connectivity index (χ2n) is 6.70. The molecule has 0 saturated heterocycles. The Kier molecular flexibility index (Phi) is 5.58. The lowest BCUT2D eigenvalue weighted by Crippen LogP contribution is -2.16. The molecule has 148 valence electrons. The van der Waals surface area contributed by atoms with Crippen LogP contribution in [0, 0.1) is 5.92 Å². The zero-order valence-corrected chi connectivity index (χ0v) is 15.2. The van der Waals surface area contributed by atoms with Gasteiger partial charge in [-0.3, -0.25) is 4.79 Å². The van der Waals surface area contributed by atoms with Crippen LogP contribution in [0.1, 0.15) is 20.3 Å². The molecular formula is C20H18F3NO4. The molecule has 0 unspecified atom stereocenters. The number of alkyl halides is 3. The zero-order valence-electron chi connectivity index (χ0n) is 15.2. The van der Waals surface area contributed by atoms with E-state index in [0.717, 1.165) is 5.56 Å². The van der Waals surface area contributed by atoms with E-state index >= 15 is 0 Å². The number of hydrogen-bond donors (Lipinski definition) is 0. The summed E-state index contributed by atoms with van der Waals surface area (Å²) in [5, 5.41) is 4.42. The first-order chi connectivity index (χ1) is 13.2. The number of carbonyl (C=O) groups is 1. The summed E-state index contributed by atoms with van der Waals surface area (Å²) in [6.45, 7) is 3.79. The van der Waals surface area contributed by atoms with Crippen molar-refractivity contribution < 1.29 is 32.0 Å². The highest BCUT2D eigenvalue weighted by Crippen LogP contribution is 2.31. The van der Waals surface area contributed by atoms with E-state index < -0.39 is 6.36 Å². The van der Waals surface area contributed by atoms with Crippen LogP contribution < -0.4 is 9.47 Å². The molecule has 0 aliphatic heterocycles. The number of rotatable bonds is 7. The van der Waals surface area contributed by atoms with E-state index in [9.17, 15) is 18.0 Å². The van der Waals surface area contributed by atoms with E-state index in [1.165, 1.54) is 24.3 Å². The molecule has 0 radical (unpaired) electrons. The fourth-order valence-corrected chi connectivity index (χ4v) is 2.71. The van der Waals surface area contributed by atoms with Gasteiger partial charge in [0.1, 0.15) is 12.4 Å². The molecule has 0 aliphatic rings. The van der Waals surface area contributed by atoms with Gasteiger partial charge in [0.05, 0.1) is 5.39 Å². The van der Waals surface area contributed by atoms with Crippen molar-refractivity contribution in [3.05, 3.63) is 42.5 Å². The van der Waals surface area contributed by atoms with Gasteiger partial charge in [-0.05, 0) is 46.5 Å². The molecule has 0 saturated carbocycles. The molecular weight excluding hydrogens is 375 g/mol. The topological polar surface area (TPSA) is 61.6 Å². The van der Waals surface area contributed by atoms with Crippen LogP contribution in [0.2, 0.25) is 0 Å². The fourth-order valence-electron chi connectivity index (χ4n) is 2.71. The Bertz CT molecular complexity index is 962. The van der Waals surface area contributed by atoms with Crippen molar-refractivity contribution in [1.82, 2.24) is 5.16 Å². The minimum absolute atomic E-state index is 0.0393. The SMILES string of the molecule is CC(C)CC(=O)COc1noc2ccc(-c3ccc(OC(F)(F)F)cc3)cc12. The summed E-state index contributed by atoms with van der Waals surface area (Å²) in [7, 11) is 0. The Morgan fingerprint density at radius 2 is 1.79 bits per heavy atom. The van der Waals surface area contributed by atoms with Crippen LogP contribution in [0.25, 0.3) is 22.1 Å². The van der Waals surface area contributed by atoms with Crippen LogP contribution in [0.3, 0.4) is 0 Å². The number of aromatic nitrogens is 1. The molecule has 1 heterocycles. The van der Waals surface area contributed by atoms with Crippen LogP contribution >= 0.6 is 0 Å².